The quantitative estimate of drug-likeness (QED) is 0.470. The number of hydrogen-bond acceptors (Lipinski definition) is 8. The summed E-state index contributed by atoms with van der Waals surface area (Å²) in [5, 5.41) is 51.0. The highest BCUT2D eigenvalue weighted by Crippen LogP contribution is 2.41. The van der Waals surface area contributed by atoms with Gasteiger partial charge in [0.05, 0.1) is 31.5 Å². The van der Waals surface area contributed by atoms with Gasteiger partial charge in [0.2, 0.25) is 0 Å². The average molecular weight is 482 g/mol. The first-order valence-corrected chi connectivity index (χ1v) is 12.2. The van der Waals surface area contributed by atoms with Crippen molar-refractivity contribution >= 4 is 0 Å². The van der Waals surface area contributed by atoms with Crippen molar-refractivity contribution in [3.8, 4) is 11.8 Å². The van der Waals surface area contributed by atoms with E-state index >= 15 is 0 Å². The number of rotatable bonds is 7. The van der Waals surface area contributed by atoms with E-state index in [-0.39, 0.29) is 6.10 Å². The molecule has 2 aromatic carbocycles. The van der Waals surface area contributed by atoms with E-state index in [1.807, 2.05) is 0 Å². The van der Waals surface area contributed by atoms with Gasteiger partial charge < -0.3 is 34.6 Å². The highest BCUT2D eigenvalue weighted by atomic mass is 16.6. The third kappa shape index (κ3) is 5.07. The number of aliphatic hydroxyl groups excluding tert-OH is 4. The molecule has 1 saturated carbocycles. The summed E-state index contributed by atoms with van der Waals surface area (Å²) in [5.41, 5.74) is 4.01. The van der Waals surface area contributed by atoms with E-state index in [2.05, 4.69) is 30.3 Å². The summed E-state index contributed by atoms with van der Waals surface area (Å²) in [4.78, 5) is 0. The van der Waals surface area contributed by atoms with Gasteiger partial charge in [-0.1, -0.05) is 24.3 Å². The molecule has 4 N–H and O–H groups in total. The zero-order valence-electron chi connectivity index (χ0n) is 19.4. The van der Waals surface area contributed by atoms with Crippen LogP contribution >= 0.6 is 0 Å². The number of aliphatic hydroxyl groups is 4. The van der Waals surface area contributed by atoms with Crippen LogP contribution < -0.4 is 4.74 Å². The molecule has 0 bridgehead atoms. The van der Waals surface area contributed by atoms with Crippen LogP contribution in [0.1, 0.15) is 59.1 Å². The van der Waals surface area contributed by atoms with Crippen LogP contribution in [-0.2, 0) is 15.9 Å². The molecule has 0 aromatic heterocycles. The number of nitriles is 1. The monoisotopic (exact) mass is 481 g/mol. The smallest absolute Gasteiger partial charge is 0.127 e. The van der Waals surface area contributed by atoms with Crippen LogP contribution in [0, 0.1) is 11.3 Å². The zero-order valence-corrected chi connectivity index (χ0v) is 19.4. The van der Waals surface area contributed by atoms with E-state index in [1.165, 1.54) is 18.4 Å². The van der Waals surface area contributed by atoms with Crippen LogP contribution in [0.3, 0.4) is 0 Å². The van der Waals surface area contributed by atoms with Gasteiger partial charge in [-0.05, 0) is 54.0 Å². The third-order valence-electron chi connectivity index (χ3n) is 7.16. The van der Waals surface area contributed by atoms with Gasteiger partial charge in [-0.3, -0.25) is 0 Å². The molecule has 6 atom stereocenters. The van der Waals surface area contributed by atoms with E-state index in [9.17, 15) is 25.7 Å². The summed E-state index contributed by atoms with van der Waals surface area (Å²) in [7, 11) is 0. The summed E-state index contributed by atoms with van der Waals surface area (Å²) in [6.45, 7) is 0.454. The SMILES string of the molecule is N#Cc1cc(O[C@@H]2CCOC2)c([C@@H]2O[C@H](CO)[C@@H](O)[C@H](O)[C@H]2O)cc1Cc1ccc(C2CC2)cc1. The molecule has 0 radical (unpaired) electrons. The lowest BCUT2D eigenvalue weighted by molar-refractivity contribution is -0.232. The van der Waals surface area contributed by atoms with E-state index in [1.54, 1.807) is 12.1 Å². The van der Waals surface area contributed by atoms with Gasteiger partial charge in [-0.15, -0.1) is 0 Å². The fourth-order valence-electron chi connectivity index (χ4n) is 4.91. The minimum Gasteiger partial charge on any atom is -0.487 e. The minimum absolute atomic E-state index is 0.217. The molecule has 5 rings (SSSR count). The Morgan fingerprint density at radius 3 is 2.40 bits per heavy atom. The van der Waals surface area contributed by atoms with Crippen molar-refractivity contribution in [1.29, 1.82) is 5.26 Å². The number of ether oxygens (including phenoxy) is 3. The molecule has 35 heavy (non-hydrogen) atoms. The van der Waals surface area contributed by atoms with Crippen molar-refractivity contribution in [1.82, 2.24) is 0 Å². The van der Waals surface area contributed by atoms with E-state index in [4.69, 9.17) is 14.2 Å². The van der Waals surface area contributed by atoms with Crippen LogP contribution in [0.15, 0.2) is 36.4 Å². The molecule has 8 heteroatoms. The molecule has 1 aliphatic carbocycles. The lowest BCUT2D eigenvalue weighted by Gasteiger charge is -2.40. The van der Waals surface area contributed by atoms with Crippen molar-refractivity contribution in [3.05, 3.63) is 64.2 Å². The number of benzene rings is 2. The van der Waals surface area contributed by atoms with Crippen LogP contribution in [0.5, 0.6) is 5.75 Å². The predicted octanol–water partition coefficient (Wildman–Crippen LogP) is 1.71. The summed E-state index contributed by atoms with van der Waals surface area (Å²) >= 11 is 0. The summed E-state index contributed by atoms with van der Waals surface area (Å²) in [5.74, 6) is 1.02. The zero-order chi connectivity index (χ0) is 24.5. The van der Waals surface area contributed by atoms with Crippen LogP contribution in [0.2, 0.25) is 0 Å². The molecule has 0 amide bonds. The van der Waals surface area contributed by atoms with Crippen molar-refractivity contribution in [2.75, 3.05) is 19.8 Å². The molecule has 3 aliphatic rings. The maximum absolute atomic E-state index is 10.8. The maximum atomic E-state index is 10.8. The molecule has 2 aliphatic heterocycles. The second-order valence-electron chi connectivity index (χ2n) is 9.70. The second kappa shape index (κ2) is 10.2. The minimum atomic E-state index is -1.51. The molecule has 0 spiro atoms. The second-order valence-corrected chi connectivity index (χ2v) is 9.70. The Morgan fingerprint density at radius 1 is 1.00 bits per heavy atom. The topological polar surface area (TPSA) is 132 Å². The molecule has 2 aromatic rings. The Bertz CT molecular complexity index is 1070. The Labute approximate surface area is 204 Å². The highest BCUT2D eigenvalue weighted by molar-refractivity contribution is 5.51. The molecular formula is C27H31NO7. The first-order valence-electron chi connectivity index (χ1n) is 12.2. The summed E-state index contributed by atoms with van der Waals surface area (Å²) in [6.07, 6.45) is -3.11. The van der Waals surface area contributed by atoms with Crippen LogP contribution in [-0.4, -0.2) is 70.8 Å². The first kappa shape index (κ1) is 24.2. The highest BCUT2D eigenvalue weighted by Gasteiger charge is 2.45. The molecule has 2 heterocycles. The molecule has 3 fully saturated rings. The van der Waals surface area contributed by atoms with Gasteiger partial charge in [0.1, 0.15) is 42.4 Å². The van der Waals surface area contributed by atoms with Crippen LogP contribution in [0.4, 0.5) is 0 Å². The Kier molecular flexibility index (Phi) is 7.07. The van der Waals surface area contributed by atoms with Gasteiger partial charge in [0, 0.05) is 12.0 Å². The molecular weight excluding hydrogens is 450 g/mol. The first-order chi connectivity index (χ1) is 17.0. The Balaban J connectivity index is 1.51. The Morgan fingerprint density at radius 2 is 1.77 bits per heavy atom. The third-order valence-corrected chi connectivity index (χ3v) is 7.16. The van der Waals surface area contributed by atoms with Crippen LogP contribution in [0.25, 0.3) is 0 Å². The number of hydrogen-bond donors (Lipinski definition) is 4. The van der Waals surface area contributed by atoms with Gasteiger partial charge in [-0.2, -0.15) is 5.26 Å². The fraction of sp³-hybridized carbons (Fsp3) is 0.519. The summed E-state index contributed by atoms with van der Waals surface area (Å²) in [6, 6.07) is 14.1. The normalized spacial score (nSPS) is 30.7. The van der Waals surface area contributed by atoms with Crippen molar-refractivity contribution in [3.63, 3.8) is 0 Å². The molecule has 186 valence electrons. The van der Waals surface area contributed by atoms with E-state index in [0.717, 1.165) is 11.1 Å². The van der Waals surface area contributed by atoms with Crippen molar-refractivity contribution < 1.29 is 34.6 Å². The lowest BCUT2D eigenvalue weighted by Crippen LogP contribution is -2.55. The van der Waals surface area contributed by atoms with Gasteiger partial charge in [0.25, 0.3) is 0 Å². The number of nitrogens with zero attached hydrogens (tertiary/aromatic N) is 1. The largest absolute Gasteiger partial charge is 0.487 e. The van der Waals surface area contributed by atoms with Crippen molar-refractivity contribution in [2.45, 2.75) is 68.2 Å². The van der Waals surface area contributed by atoms with Crippen molar-refractivity contribution in [2.24, 2.45) is 0 Å². The standard InChI is InChI=1S/C27H31NO7/c28-12-19-11-22(34-20-7-8-33-14-20)21(27-26(32)25(31)24(30)23(13-29)35-27)10-18(19)9-15-1-3-16(4-2-15)17-5-6-17/h1-4,10-11,17,20,23-27,29-32H,5-9,13-14H2/t20-,23-,24-,25+,26-,27+/m1/s1. The summed E-state index contributed by atoms with van der Waals surface area (Å²) < 4.78 is 17.4. The lowest BCUT2D eigenvalue weighted by atomic mass is 9.88. The average Bonchev–Trinajstić information content (AvgIpc) is 3.60. The van der Waals surface area contributed by atoms with Gasteiger partial charge in [0.15, 0.2) is 0 Å². The molecule has 0 unspecified atom stereocenters. The Hall–Kier alpha value is -2.51. The molecule has 8 nitrogen and oxygen atoms in total. The molecule has 2 saturated heterocycles. The van der Waals surface area contributed by atoms with Gasteiger partial charge >= 0.3 is 0 Å². The fourth-order valence-corrected chi connectivity index (χ4v) is 4.91. The predicted molar refractivity (Wildman–Crippen MR) is 125 cm³/mol. The van der Waals surface area contributed by atoms with E-state index < -0.39 is 37.1 Å². The van der Waals surface area contributed by atoms with E-state index in [0.29, 0.717) is 48.8 Å². The van der Waals surface area contributed by atoms with Gasteiger partial charge in [-0.25, -0.2) is 0 Å². The maximum Gasteiger partial charge on any atom is 0.127 e.